The first kappa shape index (κ1) is 16.3. The number of hydrogen-bond donors (Lipinski definition) is 1. The first-order valence-corrected chi connectivity index (χ1v) is 9.49. The molecule has 0 unspecified atom stereocenters. The van der Waals surface area contributed by atoms with Gasteiger partial charge in [-0.2, -0.15) is 0 Å². The molecular weight excluding hydrogens is 338 g/mol. The average molecular weight is 359 g/mol. The number of nitrogens with one attached hydrogen (secondary N) is 1. The summed E-state index contributed by atoms with van der Waals surface area (Å²) in [5.41, 5.74) is 2.62. The number of hydrogen-bond acceptors (Lipinski definition) is 3. The molecule has 27 heavy (non-hydrogen) atoms. The van der Waals surface area contributed by atoms with Crippen LogP contribution in [0.15, 0.2) is 57.7 Å². The lowest BCUT2D eigenvalue weighted by Gasteiger charge is -2.36. The fourth-order valence-electron chi connectivity index (χ4n) is 4.29. The Hall–Kier alpha value is -2.88. The van der Waals surface area contributed by atoms with Crippen LogP contribution in [0.4, 0.5) is 0 Å². The molecule has 2 fully saturated rings. The summed E-state index contributed by atoms with van der Waals surface area (Å²) in [4.78, 5) is 25.8. The highest BCUT2D eigenvalue weighted by Crippen LogP contribution is 2.60. The zero-order chi connectivity index (χ0) is 18.6. The molecule has 0 bridgehead atoms. The van der Waals surface area contributed by atoms with E-state index in [2.05, 4.69) is 5.32 Å². The Bertz CT molecular complexity index is 1100. The molecule has 1 spiro atoms. The summed E-state index contributed by atoms with van der Waals surface area (Å²) in [5.74, 6) is 0.362. The molecule has 1 aromatic heterocycles. The van der Waals surface area contributed by atoms with Gasteiger partial charge in [0.25, 0.3) is 5.91 Å². The van der Waals surface area contributed by atoms with Gasteiger partial charge in [-0.1, -0.05) is 36.4 Å². The predicted molar refractivity (Wildman–Crippen MR) is 105 cm³/mol. The zero-order valence-electron chi connectivity index (χ0n) is 15.2. The van der Waals surface area contributed by atoms with Gasteiger partial charge in [0.05, 0.1) is 10.9 Å². The Morgan fingerprint density at radius 1 is 1.07 bits per heavy atom. The Kier molecular flexibility index (Phi) is 3.51. The number of amides is 1. The van der Waals surface area contributed by atoms with Crippen LogP contribution in [0.1, 0.15) is 41.6 Å². The van der Waals surface area contributed by atoms with Crippen molar-refractivity contribution in [2.24, 2.45) is 5.41 Å². The highest BCUT2D eigenvalue weighted by Gasteiger charge is 2.53. The first-order valence-electron chi connectivity index (χ1n) is 9.49. The van der Waals surface area contributed by atoms with Crippen LogP contribution in [-0.4, -0.2) is 11.9 Å². The van der Waals surface area contributed by atoms with Crippen molar-refractivity contribution in [2.45, 2.75) is 38.6 Å². The van der Waals surface area contributed by atoms with Crippen molar-refractivity contribution in [3.05, 3.63) is 69.9 Å². The monoisotopic (exact) mass is 359 g/mol. The molecule has 4 heteroatoms. The van der Waals surface area contributed by atoms with Crippen LogP contribution in [0.3, 0.4) is 0 Å². The van der Waals surface area contributed by atoms with E-state index in [1.54, 1.807) is 25.1 Å². The predicted octanol–water partition coefficient (Wildman–Crippen LogP) is 4.44. The third-order valence-corrected chi connectivity index (χ3v) is 6.08. The number of fused-ring (bicyclic) bond motifs is 1. The van der Waals surface area contributed by atoms with Gasteiger partial charge in [-0.3, -0.25) is 9.59 Å². The molecule has 3 aromatic rings. The van der Waals surface area contributed by atoms with Gasteiger partial charge in [0, 0.05) is 17.2 Å². The molecule has 0 aliphatic heterocycles. The minimum Gasteiger partial charge on any atom is -0.455 e. The number of carbonyl (C=O) groups is 1. The minimum atomic E-state index is -0.160. The number of para-hydroxylation sites is 1. The van der Waals surface area contributed by atoms with E-state index in [4.69, 9.17) is 4.42 Å². The van der Waals surface area contributed by atoms with Gasteiger partial charge >= 0.3 is 0 Å². The topological polar surface area (TPSA) is 59.3 Å². The van der Waals surface area contributed by atoms with Gasteiger partial charge in [-0.05, 0) is 50.2 Å². The summed E-state index contributed by atoms with van der Waals surface area (Å²) in [6, 6.07) is 15.0. The highest BCUT2D eigenvalue weighted by atomic mass is 16.3. The molecule has 0 radical (unpaired) electrons. The van der Waals surface area contributed by atoms with Gasteiger partial charge in [0.2, 0.25) is 0 Å². The summed E-state index contributed by atoms with van der Waals surface area (Å²) in [6.45, 7) is 1.77. The molecule has 1 amide bonds. The van der Waals surface area contributed by atoms with Crippen LogP contribution >= 0.6 is 0 Å². The van der Waals surface area contributed by atoms with E-state index in [-0.39, 0.29) is 17.4 Å². The highest BCUT2D eigenvalue weighted by molar-refractivity contribution is 6.05. The van der Waals surface area contributed by atoms with E-state index in [0.717, 1.165) is 18.4 Å². The molecule has 2 aromatic carbocycles. The molecule has 0 saturated heterocycles. The summed E-state index contributed by atoms with van der Waals surface area (Å²) in [7, 11) is 0. The van der Waals surface area contributed by atoms with Crippen LogP contribution in [0.5, 0.6) is 0 Å². The van der Waals surface area contributed by atoms with E-state index in [1.165, 1.54) is 12.8 Å². The van der Waals surface area contributed by atoms with E-state index in [0.29, 0.717) is 33.3 Å². The van der Waals surface area contributed by atoms with Crippen molar-refractivity contribution in [3.8, 4) is 11.3 Å². The Morgan fingerprint density at radius 3 is 2.52 bits per heavy atom. The second-order valence-electron chi connectivity index (χ2n) is 8.01. The molecule has 0 atom stereocenters. The van der Waals surface area contributed by atoms with E-state index >= 15 is 0 Å². The van der Waals surface area contributed by atoms with Gasteiger partial charge in [-0.25, -0.2) is 0 Å². The number of rotatable bonds is 3. The Labute approximate surface area is 157 Å². The Balaban J connectivity index is 1.57. The normalized spacial score (nSPS) is 17.7. The average Bonchev–Trinajstić information content (AvgIpc) is 3.45. The van der Waals surface area contributed by atoms with E-state index < -0.39 is 0 Å². The second-order valence-corrected chi connectivity index (χ2v) is 8.01. The maximum absolute atomic E-state index is 12.9. The third kappa shape index (κ3) is 2.67. The van der Waals surface area contributed by atoms with Gasteiger partial charge < -0.3 is 9.73 Å². The smallest absolute Gasteiger partial charge is 0.255 e. The third-order valence-electron chi connectivity index (χ3n) is 6.08. The lowest BCUT2D eigenvalue weighted by molar-refractivity contribution is 0.0878. The molecule has 2 saturated carbocycles. The maximum Gasteiger partial charge on any atom is 0.255 e. The lowest BCUT2D eigenvalue weighted by atomic mass is 9.77. The van der Waals surface area contributed by atoms with Crippen molar-refractivity contribution < 1.29 is 9.21 Å². The maximum atomic E-state index is 12.9. The molecule has 5 rings (SSSR count). The number of benzene rings is 2. The SMILES string of the molecule is Cc1c(-c2ccccc2)oc2c(C(=O)NC3CC4(CC4)C3)cccc2c1=O. The van der Waals surface area contributed by atoms with Crippen LogP contribution in [0.2, 0.25) is 0 Å². The summed E-state index contributed by atoms with van der Waals surface area (Å²) in [5, 5.41) is 3.56. The summed E-state index contributed by atoms with van der Waals surface area (Å²) < 4.78 is 6.14. The Morgan fingerprint density at radius 2 is 1.81 bits per heavy atom. The number of carbonyl (C=O) groups excluding carboxylic acids is 1. The molecular formula is C23H21NO3. The minimum absolute atomic E-state index is 0.0923. The summed E-state index contributed by atoms with van der Waals surface area (Å²) >= 11 is 0. The zero-order valence-corrected chi connectivity index (χ0v) is 15.2. The molecule has 1 N–H and O–H groups in total. The molecule has 1 heterocycles. The van der Waals surface area contributed by atoms with Crippen molar-refractivity contribution in [2.75, 3.05) is 0 Å². The molecule has 2 aliphatic carbocycles. The van der Waals surface area contributed by atoms with Crippen LogP contribution in [0.25, 0.3) is 22.3 Å². The van der Waals surface area contributed by atoms with Crippen LogP contribution < -0.4 is 10.7 Å². The summed E-state index contributed by atoms with van der Waals surface area (Å²) in [6.07, 6.45) is 4.73. The second kappa shape index (κ2) is 5.81. The largest absolute Gasteiger partial charge is 0.455 e. The van der Waals surface area contributed by atoms with Gasteiger partial charge in [-0.15, -0.1) is 0 Å². The fourth-order valence-corrected chi connectivity index (χ4v) is 4.29. The molecule has 136 valence electrons. The van der Waals surface area contributed by atoms with Crippen molar-refractivity contribution >= 4 is 16.9 Å². The quantitative estimate of drug-likeness (QED) is 0.752. The fraction of sp³-hybridized carbons (Fsp3) is 0.304. The van der Waals surface area contributed by atoms with Crippen LogP contribution in [-0.2, 0) is 0 Å². The molecule has 4 nitrogen and oxygen atoms in total. The van der Waals surface area contributed by atoms with Crippen LogP contribution in [0, 0.1) is 12.3 Å². The first-order chi connectivity index (χ1) is 13.1. The molecule has 2 aliphatic rings. The van der Waals surface area contributed by atoms with Crippen molar-refractivity contribution in [3.63, 3.8) is 0 Å². The van der Waals surface area contributed by atoms with Gasteiger partial charge in [0.1, 0.15) is 5.76 Å². The van der Waals surface area contributed by atoms with E-state index in [1.807, 2.05) is 30.3 Å². The van der Waals surface area contributed by atoms with Crippen molar-refractivity contribution in [1.29, 1.82) is 0 Å². The van der Waals surface area contributed by atoms with Gasteiger partial charge in [0.15, 0.2) is 11.0 Å². The van der Waals surface area contributed by atoms with Crippen molar-refractivity contribution in [1.82, 2.24) is 5.32 Å². The lowest BCUT2D eigenvalue weighted by Crippen LogP contribution is -2.45. The standard InChI is InChI=1S/C23H21NO3/c1-14-19(25)17-8-5-9-18(22(26)24-16-12-23(13-16)10-11-23)21(17)27-20(14)15-6-3-2-4-7-15/h2-9,16H,10-13H2,1H3,(H,24,26). The van der Waals surface area contributed by atoms with E-state index in [9.17, 15) is 9.59 Å².